The fourth-order valence-electron chi connectivity index (χ4n) is 4.22. The van der Waals surface area contributed by atoms with Gasteiger partial charge in [-0.1, -0.05) is 18.2 Å². The van der Waals surface area contributed by atoms with Crippen molar-refractivity contribution in [2.45, 2.75) is 32.7 Å². The molecule has 0 atom stereocenters. The van der Waals surface area contributed by atoms with Gasteiger partial charge in [0.05, 0.1) is 0 Å². The lowest BCUT2D eigenvalue weighted by Crippen LogP contribution is -2.41. The van der Waals surface area contributed by atoms with Crippen LogP contribution < -0.4 is 10.6 Å². The summed E-state index contributed by atoms with van der Waals surface area (Å²) in [7, 11) is 0. The third-order valence-corrected chi connectivity index (χ3v) is 5.87. The number of benzene rings is 2. The van der Waals surface area contributed by atoms with Crippen LogP contribution in [0.2, 0.25) is 0 Å². The molecule has 4 rings (SSSR count). The molecule has 0 spiro atoms. The number of likely N-dealkylation sites (tertiary alicyclic amines) is 1. The van der Waals surface area contributed by atoms with Crippen molar-refractivity contribution in [2.75, 3.05) is 23.7 Å². The lowest BCUT2D eigenvalue weighted by molar-refractivity contribution is 0.102. The molecule has 6 nitrogen and oxygen atoms in total. The number of rotatable bonds is 4. The van der Waals surface area contributed by atoms with Gasteiger partial charge in [0.25, 0.3) is 5.91 Å². The van der Waals surface area contributed by atoms with Gasteiger partial charge in [0, 0.05) is 47.5 Å². The van der Waals surface area contributed by atoms with Gasteiger partial charge in [0.1, 0.15) is 0 Å². The second kappa shape index (κ2) is 9.08. The molecule has 1 aliphatic rings. The van der Waals surface area contributed by atoms with Crippen molar-refractivity contribution in [2.24, 2.45) is 0 Å². The second-order valence-corrected chi connectivity index (χ2v) is 8.03. The Bertz CT molecular complexity index is 1030. The van der Waals surface area contributed by atoms with Crippen molar-refractivity contribution in [1.29, 1.82) is 0 Å². The van der Waals surface area contributed by atoms with Gasteiger partial charge in [-0.2, -0.15) is 0 Å². The Kier molecular flexibility index (Phi) is 6.07. The zero-order valence-electron chi connectivity index (χ0n) is 18.0. The highest BCUT2D eigenvalue weighted by Crippen LogP contribution is 2.26. The predicted octanol–water partition coefficient (Wildman–Crippen LogP) is 5.23. The molecule has 0 saturated carbocycles. The molecule has 31 heavy (non-hydrogen) atoms. The Balaban J connectivity index is 1.30. The van der Waals surface area contributed by atoms with Gasteiger partial charge in [0.2, 0.25) is 0 Å². The number of hydrogen-bond acceptors (Lipinski definition) is 2. The molecule has 1 fully saturated rings. The number of aromatic nitrogens is 1. The molecule has 1 aliphatic heterocycles. The van der Waals surface area contributed by atoms with E-state index in [1.807, 2.05) is 35.2 Å². The molecule has 0 unspecified atom stereocenters. The fraction of sp³-hybridized carbons (Fsp3) is 0.280. The molecule has 1 saturated heterocycles. The molecule has 2 heterocycles. The van der Waals surface area contributed by atoms with Gasteiger partial charge in [-0.25, -0.2) is 4.79 Å². The maximum atomic E-state index is 12.7. The van der Waals surface area contributed by atoms with Gasteiger partial charge in [-0.15, -0.1) is 0 Å². The maximum absolute atomic E-state index is 12.7. The van der Waals surface area contributed by atoms with E-state index in [9.17, 15) is 9.59 Å². The van der Waals surface area contributed by atoms with E-state index in [0.717, 1.165) is 31.6 Å². The highest BCUT2D eigenvalue weighted by molar-refractivity contribution is 6.04. The molecular formula is C25H28N4O2. The van der Waals surface area contributed by atoms with Crippen LogP contribution in [0.25, 0.3) is 0 Å². The van der Waals surface area contributed by atoms with Crippen LogP contribution >= 0.6 is 0 Å². The summed E-state index contributed by atoms with van der Waals surface area (Å²) in [5.74, 6) is -0.179. The smallest absolute Gasteiger partial charge is 0.321 e. The number of aryl methyl sites for hydroxylation is 2. The molecule has 160 valence electrons. The molecule has 2 N–H and O–H groups in total. The summed E-state index contributed by atoms with van der Waals surface area (Å²) >= 11 is 0. The zero-order chi connectivity index (χ0) is 21.8. The molecular weight excluding hydrogens is 388 g/mol. The topological polar surface area (TPSA) is 66.4 Å². The van der Waals surface area contributed by atoms with E-state index in [0.29, 0.717) is 17.3 Å². The number of nitrogens with one attached hydrogen (secondary N) is 2. The Hall–Kier alpha value is -3.54. The fourth-order valence-corrected chi connectivity index (χ4v) is 4.22. The first-order valence-corrected chi connectivity index (χ1v) is 10.7. The lowest BCUT2D eigenvalue weighted by atomic mass is 10.0. The summed E-state index contributed by atoms with van der Waals surface area (Å²) in [6.07, 6.45) is 1.89. The van der Waals surface area contributed by atoms with Crippen molar-refractivity contribution in [3.8, 4) is 0 Å². The SMILES string of the molecule is Cc1ccc(C)n1C1CCN(C(=O)Nc2ccc(C(=O)Nc3ccccc3)cc2)CC1. The Morgan fingerprint density at radius 2 is 1.35 bits per heavy atom. The van der Waals surface area contributed by atoms with Crippen LogP contribution in [-0.2, 0) is 0 Å². The van der Waals surface area contributed by atoms with Crippen LogP contribution in [0.1, 0.15) is 40.6 Å². The van der Waals surface area contributed by atoms with Crippen LogP contribution in [0, 0.1) is 13.8 Å². The van der Waals surface area contributed by atoms with E-state index in [1.165, 1.54) is 11.4 Å². The van der Waals surface area contributed by atoms with Crippen molar-refractivity contribution >= 4 is 23.3 Å². The summed E-state index contributed by atoms with van der Waals surface area (Å²) in [4.78, 5) is 26.9. The highest BCUT2D eigenvalue weighted by atomic mass is 16.2. The first kappa shape index (κ1) is 20.7. The molecule has 6 heteroatoms. The van der Waals surface area contributed by atoms with Crippen molar-refractivity contribution < 1.29 is 9.59 Å². The first-order chi connectivity index (χ1) is 15.0. The quantitative estimate of drug-likeness (QED) is 0.612. The number of urea groups is 1. The Morgan fingerprint density at radius 1 is 0.774 bits per heavy atom. The number of amides is 3. The van der Waals surface area contributed by atoms with Gasteiger partial charge < -0.3 is 20.1 Å². The van der Waals surface area contributed by atoms with Gasteiger partial charge in [-0.05, 0) is 75.2 Å². The van der Waals surface area contributed by atoms with Crippen LogP contribution in [0.3, 0.4) is 0 Å². The molecule has 3 amide bonds. The second-order valence-electron chi connectivity index (χ2n) is 8.03. The molecule has 2 aromatic carbocycles. The number of carbonyl (C=O) groups is 2. The minimum absolute atomic E-state index is 0.0964. The highest BCUT2D eigenvalue weighted by Gasteiger charge is 2.25. The predicted molar refractivity (Wildman–Crippen MR) is 124 cm³/mol. The number of piperidine rings is 1. The Labute approximate surface area is 182 Å². The minimum atomic E-state index is -0.179. The van der Waals surface area contributed by atoms with Crippen LogP contribution in [0.4, 0.5) is 16.2 Å². The molecule has 0 aliphatic carbocycles. The molecule has 0 radical (unpaired) electrons. The van der Waals surface area contributed by atoms with Crippen molar-refractivity contribution in [3.63, 3.8) is 0 Å². The van der Waals surface area contributed by atoms with Crippen molar-refractivity contribution in [3.05, 3.63) is 83.7 Å². The number of para-hydroxylation sites is 1. The van der Waals surface area contributed by atoms with Gasteiger partial charge >= 0.3 is 6.03 Å². The largest absolute Gasteiger partial charge is 0.346 e. The number of hydrogen-bond donors (Lipinski definition) is 2. The Morgan fingerprint density at radius 3 is 1.97 bits per heavy atom. The molecule has 3 aromatic rings. The monoisotopic (exact) mass is 416 g/mol. The third kappa shape index (κ3) is 4.79. The average molecular weight is 417 g/mol. The van der Waals surface area contributed by atoms with E-state index in [1.54, 1.807) is 24.3 Å². The van der Waals surface area contributed by atoms with Gasteiger partial charge in [-0.3, -0.25) is 4.79 Å². The number of anilines is 2. The third-order valence-electron chi connectivity index (χ3n) is 5.87. The van der Waals surface area contributed by atoms with E-state index >= 15 is 0 Å². The first-order valence-electron chi connectivity index (χ1n) is 10.7. The minimum Gasteiger partial charge on any atom is -0.346 e. The standard InChI is InChI=1S/C25H28N4O2/c1-18-8-9-19(2)29(18)23-14-16-28(17-15-23)25(31)27-22-12-10-20(11-13-22)24(30)26-21-6-4-3-5-7-21/h3-13,23H,14-17H2,1-2H3,(H,26,30)(H,27,31). The summed E-state index contributed by atoms with van der Waals surface area (Å²) in [6, 6.07) is 20.9. The van der Waals surface area contributed by atoms with Crippen LogP contribution in [0.15, 0.2) is 66.7 Å². The zero-order valence-corrected chi connectivity index (χ0v) is 18.0. The normalized spacial score (nSPS) is 14.3. The summed E-state index contributed by atoms with van der Waals surface area (Å²) in [6.45, 7) is 5.72. The number of carbonyl (C=O) groups excluding carboxylic acids is 2. The van der Waals surface area contributed by atoms with Crippen LogP contribution in [0.5, 0.6) is 0 Å². The maximum Gasteiger partial charge on any atom is 0.321 e. The lowest BCUT2D eigenvalue weighted by Gasteiger charge is -2.34. The summed E-state index contributed by atoms with van der Waals surface area (Å²) < 4.78 is 2.38. The van der Waals surface area contributed by atoms with Gasteiger partial charge in [0.15, 0.2) is 0 Å². The average Bonchev–Trinajstić information content (AvgIpc) is 3.13. The van der Waals surface area contributed by atoms with E-state index in [-0.39, 0.29) is 11.9 Å². The van der Waals surface area contributed by atoms with E-state index in [2.05, 4.69) is 41.2 Å². The summed E-state index contributed by atoms with van der Waals surface area (Å²) in [5, 5.41) is 5.81. The molecule has 0 bridgehead atoms. The van der Waals surface area contributed by atoms with Crippen molar-refractivity contribution in [1.82, 2.24) is 9.47 Å². The number of nitrogens with zero attached hydrogens (tertiary/aromatic N) is 2. The van der Waals surface area contributed by atoms with E-state index < -0.39 is 0 Å². The van der Waals surface area contributed by atoms with Crippen LogP contribution in [-0.4, -0.2) is 34.5 Å². The van der Waals surface area contributed by atoms with E-state index in [4.69, 9.17) is 0 Å². The summed E-state index contributed by atoms with van der Waals surface area (Å²) in [5.41, 5.74) is 4.52. The molecule has 1 aromatic heterocycles.